The molecule has 96 valence electrons. The minimum atomic E-state index is 0.642. The first-order chi connectivity index (χ1) is 9.26. The Kier molecular flexibility index (Phi) is 2.95. The molecule has 0 bridgehead atoms. The summed E-state index contributed by atoms with van der Waals surface area (Å²) >= 11 is 0. The van der Waals surface area contributed by atoms with Gasteiger partial charge in [-0.1, -0.05) is 25.5 Å². The van der Waals surface area contributed by atoms with Gasteiger partial charge in [0.15, 0.2) is 5.58 Å². The fourth-order valence-corrected chi connectivity index (χ4v) is 2.17. The number of hydrogen-bond donors (Lipinski definition) is 1. The zero-order chi connectivity index (χ0) is 13.2. The smallest absolute Gasteiger partial charge is 0.227 e. The van der Waals surface area contributed by atoms with Gasteiger partial charge in [0.2, 0.25) is 5.89 Å². The van der Waals surface area contributed by atoms with E-state index in [1.807, 2.05) is 18.2 Å². The SMILES string of the molecule is CCCc1ccc(-c2nc3cc(N)ccc3o2)cc1. The molecule has 0 aliphatic carbocycles. The van der Waals surface area contributed by atoms with Gasteiger partial charge in [0.05, 0.1) is 0 Å². The van der Waals surface area contributed by atoms with Crippen molar-refractivity contribution < 1.29 is 4.42 Å². The van der Waals surface area contributed by atoms with Crippen LogP contribution in [-0.2, 0) is 6.42 Å². The van der Waals surface area contributed by atoms with Crippen LogP contribution in [0.3, 0.4) is 0 Å². The second-order valence-electron chi connectivity index (χ2n) is 4.69. The van der Waals surface area contributed by atoms with Gasteiger partial charge in [0, 0.05) is 11.3 Å². The van der Waals surface area contributed by atoms with Crippen LogP contribution >= 0.6 is 0 Å². The molecule has 19 heavy (non-hydrogen) atoms. The van der Waals surface area contributed by atoms with Crippen molar-refractivity contribution in [3.8, 4) is 11.5 Å². The highest BCUT2D eigenvalue weighted by atomic mass is 16.3. The lowest BCUT2D eigenvalue weighted by molar-refractivity contribution is 0.620. The molecular weight excluding hydrogens is 236 g/mol. The van der Waals surface area contributed by atoms with E-state index in [9.17, 15) is 0 Å². The number of aromatic nitrogens is 1. The molecule has 2 N–H and O–H groups in total. The lowest BCUT2D eigenvalue weighted by Gasteiger charge is -1.99. The predicted octanol–water partition coefficient (Wildman–Crippen LogP) is 4.03. The number of rotatable bonds is 3. The molecule has 2 aromatic carbocycles. The maximum atomic E-state index is 5.74. The van der Waals surface area contributed by atoms with Gasteiger partial charge < -0.3 is 10.2 Å². The summed E-state index contributed by atoms with van der Waals surface area (Å²) in [5, 5.41) is 0. The van der Waals surface area contributed by atoms with Crippen LogP contribution < -0.4 is 5.73 Å². The van der Waals surface area contributed by atoms with Crippen molar-refractivity contribution in [2.24, 2.45) is 0 Å². The first-order valence-electron chi connectivity index (χ1n) is 6.51. The van der Waals surface area contributed by atoms with Crippen LogP contribution in [0.25, 0.3) is 22.6 Å². The van der Waals surface area contributed by atoms with Gasteiger partial charge in [-0.3, -0.25) is 0 Å². The number of nitrogen functional groups attached to an aromatic ring is 1. The van der Waals surface area contributed by atoms with Gasteiger partial charge >= 0.3 is 0 Å². The lowest BCUT2D eigenvalue weighted by Crippen LogP contribution is -1.83. The van der Waals surface area contributed by atoms with Crippen LogP contribution in [0.15, 0.2) is 46.9 Å². The zero-order valence-electron chi connectivity index (χ0n) is 10.9. The number of aryl methyl sites for hydroxylation is 1. The van der Waals surface area contributed by atoms with Crippen LogP contribution in [0.2, 0.25) is 0 Å². The molecule has 0 spiro atoms. The fourth-order valence-electron chi connectivity index (χ4n) is 2.17. The number of hydrogen-bond acceptors (Lipinski definition) is 3. The third kappa shape index (κ3) is 2.32. The number of nitrogens with zero attached hydrogens (tertiary/aromatic N) is 1. The molecule has 0 saturated carbocycles. The summed E-state index contributed by atoms with van der Waals surface area (Å²) in [4.78, 5) is 4.47. The van der Waals surface area contributed by atoms with Crippen molar-refractivity contribution in [1.29, 1.82) is 0 Å². The predicted molar refractivity (Wildman–Crippen MR) is 77.9 cm³/mol. The zero-order valence-corrected chi connectivity index (χ0v) is 10.9. The molecular formula is C16H16N2O. The van der Waals surface area contributed by atoms with Gasteiger partial charge in [0.25, 0.3) is 0 Å². The molecule has 1 aromatic heterocycles. The number of oxazole rings is 1. The Hall–Kier alpha value is -2.29. The highest BCUT2D eigenvalue weighted by Gasteiger charge is 2.08. The normalized spacial score (nSPS) is 11.0. The number of benzene rings is 2. The summed E-state index contributed by atoms with van der Waals surface area (Å²) in [6.07, 6.45) is 2.26. The molecule has 0 fully saturated rings. The van der Waals surface area contributed by atoms with Gasteiger partial charge in [-0.05, 0) is 42.3 Å². The molecule has 0 saturated heterocycles. The van der Waals surface area contributed by atoms with E-state index in [1.54, 1.807) is 0 Å². The Morgan fingerprint density at radius 2 is 1.89 bits per heavy atom. The number of anilines is 1. The van der Waals surface area contributed by atoms with Gasteiger partial charge in [0.1, 0.15) is 5.52 Å². The molecule has 0 amide bonds. The Balaban J connectivity index is 1.99. The van der Waals surface area contributed by atoms with E-state index in [-0.39, 0.29) is 0 Å². The van der Waals surface area contributed by atoms with Crippen LogP contribution in [-0.4, -0.2) is 4.98 Å². The topological polar surface area (TPSA) is 52.0 Å². The maximum absolute atomic E-state index is 5.74. The molecule has 0 aliphatic heterocycles. The first-order valence-corrected chi connectivity index (χ1v) is 6.51. The summed E-state index contributed by atoms with van der Waals surface area (Å²) in [5.41, 5.74) is 10.3. The molecule has 3 rings (SSSR count). The molecule has 0 unspecified atom stereocenters. The van der Waals surface area contributed by atoms with Crippen molar-refractivity contribution >= 4 is 16.8 Å². The van der Waals surface area contributed by atoms with E-state index in [2.05, 4.69) is 36.2 Å². The van der Waals surface area contributed by atoms with Crippen molar-refractivity contribution in [3.05, 3.63) is 48.0 Å². The number of fused-ring (bicyclic) bond motifs is 1. The van der Waals surface area contributed by atoms with Crippen LogP contribution in [0.5, 0.6) is 0 Å². The van der Waals surface area contributed by atoms with Crippen LogP contribution in [0.4, 0.5) is 5.69 Å². The summed E-state index contributed by atoms with van der Waals surface area (Å²) in [5.74, 6) is 0.642. The van der Waals surface area contributed by atoms with Crippen molar-refractivity contribution in [2.45, 2.75) is 19.8 Å². The highest BCUT2D eigenvalue weighted by Crippen LogP contribution is 2.25. The highest BCUT2D eigenvalue weighted by molar-refractivity contribution is 5.79. The first kappa shape index (κ1) is 11.8. The third-order valence-electron chi connectivity index (χ3n) is 3.15. The van der Waals surface area contributed by atoms with E-state index in [0.717, 1.165) is 29.5 Å². The summed E-state index contributed by atoms with van der Waals surface area (Å²) in [6, 6.07) is 13.9. The summed E-state index contributed by atoms with van der Waals surface area (Å²) < 4.78 is 5.74. The molecule has 0 radical (unpaired) electrons. The Labute approximate surface area is 112 Å². The molecule has 1 heterocycles. The van der Waals surface area contributed by atoms with Gasteiger partial charge in [-0.2, -0.15) is 0 Å². The third-order valence-corrected chi connectivity index (χ3v) is 3.15. The summed E-state index contributed by atoms with van der Waals surface area (Å²) in [6.45, 7) is 2.18. The van der Waals surface area contributed by atoms with Crippen molar-refractivity contribution in [2.75, 3.05) is 5.73 Å². The quantitative estimate of drug-likeness (QED) is 0.716. The maximum Gasteiger partial charge on any atom is 0.227 e. The average molecular weight is 252 g/mol. The largest absolute Gasteiger partial charge is 0.436 e. The minimum absolute atomic E-state index is 0.642. The Bertz CT molecular complexity index is 698. The fraction of sp³-hybridized carbons (Fsp3) is 0.188. The van der Waals surface area contributed by atoms with E-state index in [1.165, 1.54) is 5.56 Å². The van der Waals surface area contributed by atoms with Crippen molar-refractivity contribution in [3.63, 3.8) is 0 Å². The molecule has 3 aromatic rings. The monoisotopic (exact) mass is 252 g/mol. The van der Waals surface area contributed by atoms with Crippen LogP contribution in [0.1, 0.15) is 18.9 Å². The molecule has 3 heteroatoms. The Morgan fingerprint density at radius 1 is 1.11 bits per heavy atom. The Morgan fingerprint density at radius 3 is 2.63 bits per heavy atom. The average Bonchev–Trinajstić information content (AvgIpc) is 2.83. The number of nitrogens with two attached hydrogens (primary N) is 1. The molecule has 0 atom stereocenters. The van der Waals surface area contributed by atoms with E-state index in [0.29, 0.717) is 11.6 Å². The van der Waals surface area contributed by atoms with E-state index in [4.69, 9.17) is 10.2 Å². The minimum Gasteiger partial charge on any atom is -0.436 e. The lowest BCUT2D eigenvalue weighted by atomic mass is 10.1. The molecule has 3 nitrogen and oxygen atoms in total. The standard InChI is InChI=1S/C16H16N2O/c1-2-3-11-4-6-12(7-5-11)16-18-14-10-13(17)8-9-15(14)19-16/h4-10H,2-3,17H2,1H3. The van der Waals surface area contributed by atoms with Crippen molar-refractivity contribution in [1.82, 2.24) is 4.98 Å². The summed E-state index contributed by atoms with van der Waals surface area (Å²) in [7, 11) is 0. The second-order valence-corrected chi connectivity index (χ2v) is 4.69. The molecule has 0 aliphatic rings. The van der Waals surface area contributed by atoms with Crippen LogP contribution in [0, 0.1) is 0 Å². The van der Waals surface area contributed by atoms with E-state index >= 15 is 0 Å². The second kappa shape index (κ2) is 4.76. The van der Waals surface area contributed by atoms with Gasteiger partial charge in [-0.25, -0.2) is 4.98 Å². The van der Waals surface area contributed by atoms with Gasteiger partial charge in [-0.15, -0.1) is 0 Å². The van der Waals surface area contributed by atoms with E-state index < -0.39 is 0 Å².